The van der Waals surface area contributed by atoms with Crippen LogP contribution in [0.4, 0.5) is 0 Å². The summed E-state index contributed by atoms with van der Waals surface area (Å²) in [7, 11) is 1.92. The quantitative estimate of drug-likeness (QED) is 0.760. The monoisotopic (exact) mass is 188 g/mol. The summed E-state index contributed by atoms with van der Waals surface area (Å²) >= 11 is 0. The van der Waals surface area contributed by atoms with Gasteiger partial charge in [-0.05, 0) is 11.6 Å². The fraction of sp³-hybridized carbons (Fsp3) is 0.200. The van der Waals surface area contributed by atoms with Crippen LogP contribution in [-0.4, -0.2) is 14.5 Å². The van der Waals surface area contributed by atoms with E-state index in [4.69, 9.17) is 5.73 Å². The van der Waals surface area contributed by atoms with Crippen molar-refractivity contribution in [1.29, 1.82) is 0 Å². The van der Waals surface area contributed by atoms with Gasteiger partial charge in [-0.2, -0.15) is 0 Å². The minimum atomic E-state index is -0.190. The maximum absolute atomic E-state index is 6.01. The first-order valence-corrected chi connectivity index (χ1v) is 4.41. The van der Waals surface area contributed by atoms with Crippen molar-refractivity contribution in [1.82, 2.24) is 14.5 Å². The molecule has 0 aliphatic carbocycles. The van der Waals surface area contributed by atoms with Gasteiger partial charge in [-0.3, -0.25) is 4.98 Å². The second-order valence-electron chi connectivity index (χ2n) is 3.23. The highest BCUT2D eigenvalue weighted by Crippen LogP contribution is 2.15. The molecule has 2 N–H and O–H groups in total. The van der Waals surface area contributed by atoms with Gasteiger partial charge in [-0.15, -0.1) is 0 Å². The first kappa shape index (κ1) is 8.90. The predicted octanol–water partition coefficient (Wildman–Crippen LogP) is 0.863. The Kier molecular flexibility index (Phi) is 2.28. The van der Waals surface area contributed by atoms with E-state index in [0.717, 1.165) is 11.3 Å². The van der Waals surface area contributed by atoms with Crippen molar-refractivity contribution in [2.24, 2.45) is 12.8 Å². The Hall–Kier alpha value is -1.68. The van der Waals surface area contributed by atoms with Crippen LogP contribution < -0.4 is 5.73 Å². The molecule has 0 fully saturated rings. The van der Waals surface area contributed by atoms with Crippen LogP contribution in [0.5, 0.6) is 0 Å². The molecular formula is C10H12N4. The summed E-state index contributed by atoms with van der Waals surface area (Å²) in [6, 6.07) is 3.63. The highest BCUT2D eigenvalue weighted by Gasteiger charge is 2.10. The van der Waals surface area contributed by atoms with Gasteiger partial charge in [0.25, 0.3) is 0 Å². The fourth-order valence-corrected chi connectivity index (χ4v) is 1.32. The van der Waals surface area contributed by atoms with E-state index in [1.807, 2.05) is 29.9 Å². The molecule has 14 heavy (non-hydrogen) atoms. The molecule has 4 nitrogen and oxygen atoms in total. The zero-order valence-electron chi connectivity index (χ0n) is 7.96. The van der Waals surface area contributed by atoms with Crippen LogP contribution in [0.1, 0.15) is 17.3 Å². The van der Waals surface area contributed by atoms with Crippen LogP contribution in [0.15, 0.2) is 37.1 Å². The maximum atomic E-state index is 6.01. The summed E-state index contributed by atoms with van der Waals surface area (Å²) in [5.41, 5.74) is 7.85. The molecule has 2 aromatic heterocycles. The Balaban J connectivity index is 2.29. The van der Waals surface area contributed by atoms with E-state index in [-0.39, 0.29) is 6.04 Å². The normalized spacial score (nSPS) is 12.7. The van der Waals surface area contributed by atoms with Crippen LogP contribution in [0.3, 0.4) is 0 Å². The molecule has 0 amide bonds. The van der Waals surface area contributed by atoms with E-state index in [1.165, 1.54) is 0 Å². The maximum Gasteiger partial charge on any atom is 0.0947 e. The number of nitrogens with zero attached hydrogens (tertiary/aromatic N) is 3. The molecule has 0 aliphatic rings. The topological polar surface area (TPSA) is 56.7 Å². The Morgan fingerprint density at radius 1 is 1.50 bits per heavy atom. The fourth-order valence-electron chi connectivity index (χ4n) is 1.32. The first-order valence-electron chi connectivity index (χ1n) is 4.41. The van der Waals surface area contributed by atoms with Crippen molar-refractivity contribution in [2.45, 2.75) is 6.04 Å². The zero-order valence-corrected chi connectivity index (χ0v) is 7.96. The van der Waals surface area contributed by atoms with Gasteiger partial charge in [-0.1, -0.05) is 6.07 Å². The second kappa shape index (κ2) is 3.59. The lowest BCUT2D eigenvalue weighted by Crippen LogP contribution is -2.12. The molecule has 0 aromatic carbocycles. The smallest absolute Gasteiger partial charge is 0.0947 e. The van der Waals surface area contributed by atoms with Gasteiger partial charge in [0.1, 0.15) is 0 Å². The molecule has 2 heterocycles. The lowest BCUT2D eigenvalue weighted by atomic mass is 10.1. The van der Waals surface area contributed by atoms with Crippen LogP contribution >= 0.6 is 0 Å². The van der Waals surface area contributed by atoms with Crippen LogP contribution in [0.25, 0.3) is 0 Å². The van der Waals surface area contributed by atoms with Gasteiger partial charge in [0.05, 0.1) is 18.1 Å². The number of nitrogens with two attached hydrogens (primary N) is 1. The predicted molar refractivity (Wildman–Crippen MR) is 53.5 cm³/mol. The van der Waals surface area contributed by atoms with E-state index in [1.54, 1.807) is 18.7 Å². The summed E-state index contributed by atoms with van der Waals surface area (Å²) in [6.07, 6.45) is 7.15. The lowest BCUT2D eigenvalue weighted by Gasteiger charge is -2.07. The van der Waals surface area contributed by atoms with Crippen molar-refractivity contribution in [3.05, 3.63) is 48.3 Å². The van der Waals surface area contributed by atoms with Crippen LogP contribution in [-0.2, 0) is 7.05 Å². The number of imidazole rings is 1. The Labute approximate surface area is 82.4 Å². The molecular weight excluding hydrogens is 176 g/mol. The molecule has 0 saturated heterocycles. The van der Waals surface area contributed by atoms with E-state index in [2.05, 4.69) is 9.97 Å². The average molecular weight is 188 g/mol. The van der Waals surface area contributed by atoms with Gasteiger partial charge >= 0.3 is 0 Å². The third-order valence-corrected chi connectivity index (χ3v) is 2.09. The molecule has 1 unspecified atom stereocenters. The number of pyridine rings is 1. The Morgan fingerprint density at radius 2 is 2.36 bits per heavy atom. The molecule has 0 bridgehead atoms. The van der Waals surface area contributed by atoms with Crippen molar-refractivity contribution in [3.8, 4) is 0 Å². The number of rotatable bonds is 2. The van der Waals surface area contributed by atoms with Crippen molar-refractivity contribution in [2.75, 3.05) is 0 Å². The molecule has 0 saturated carbocycles. The first-order chi connectivity index (χ1) is 6.77. The van der Waals surface area contributed by atoms with E-state index < -0.39 is 0 Å². The lowest BCUT2D eigenvalue weighted by molar-refractivity contribution is 0.828. The Morgan fingerprint density at radius 3 is 2.93 bits per heavy atom. The molecule has 4 heteroatoms. The van der Waals surface area contributed by atoms with Gasteiger partial charge in [0.15, 0.2) is 0 Å². The summed E-state index contributed by atoms with van der Waals surface area (Å²) in [4.78, 5) is 8.23. The molecule has 0 spiro atoms. The summed E-state index contributed by atoms with van der Waals surface area (Å²) in [5.74, 6) is 0. The molecule has 0 radical (unpaired) electrons. The van der Waals surface area contributed by atoms with Gasteiger partial charge in [0, 0.05) is 25.6 Å². The van der Waals surface area contributed by atoms with E-state index >= 15 is 0 Å². The number of aryl methyl sites for hydroxylation is 1. The summed E-state index contributed by atoms with van der Waals surface area (Å²) in [5, 5.41) is 0. The molecule has 0 aliphatic heterocycles. The summed E-state index contributed by atoms with van der Waals surface area (Å²) in [6.45, 7) is 0. The van der Waals surface area contributed by atoms with E-state index in [9.17, 15) is 0 Å². The van der Waals surface area contributed by atoms with Crippen molar-refractivity contribution in [3.63, 3.8) is 0 Å². The highest BCUT2D eigenvalue weighted by molar-refractivity contribution is 5.22. The largest absolute Gasteiger partial charge is 0.340 e. The van der Waals surface area contributed by atoms with Crippen molar-refractivity contribution < 1.29 is 0 Å². The number of hydrogen-bond donors (Lipinski definition) is 1. The van der Waals surface area contributed by atoms with Gasteiger partial charge < -0.3 is 10.3 Å². The van der Waals surface area contributed by atoms with E-state index in [0.29, 0.717) is 0 Å². The second-order valence-corrected chi connectivity index (χ2v) is 3.23. The van der Waals surface area contributed by atoms with Crippen LogP contribution in [0.2, 0.25) is 0 Å². The van der Waals surface area contributed by atoms with Gasteiger partial charge in [0.2, 0.25) is 0 Å². The minimum Gasteiger partial charge on any atom is -0.340 e. The third-order valence-electron chi connectivity index (χ3n) is 2.09. The Bertz CT molecular complexity index is 407. The third kappa shape index (κ3) is 1.65. The standard InChI is InChI=1S/C10H12N4/c1-14-6-9(13-7-14)10(11)8-3-2-4-12-5-8/h2-7,10H,11H2,1H3. The summed E-state index contributed by atoms with van der Waals surface area (Å²) < 4.78 is 1.88. The van der Waals surface area contributed by atoms with Crippen LogP contribution in [0, 0.1) is 0 Å². The minimum absolute atomic E-state index is 0.190. The molecule has 1 atom stereocenters. The van der Waals surface area contributed by atoms with Crippen molar-refractivity contribution >= 4 is 0 Å². The highest BCUT2D eigenvalue weighted by atomic mass is 15.0. The number of aromatic nitrogens is 3. The number of hydrogen-bond acceptors (Lipinski definition) is 3. The molecule has 2 aromatic rings. The molecule has 2 rings (SSSR count). The molecule has 72 valence electrons. The zero-order chi connectivity index (χ0) is 9.97. The SMILES string of the molecule is Cn1cnc(C(N)c2cccnc2)c1. The average Bonchev–Trinajstić information content (AvgIpc) is 2.65. The van der Waals surface area contributed by atoms with Gasteiger partial charge in [-0.25, -0.2) is 4.98 Å².